The van der Waals surface area contributed by atoms with Crippen LogP contribution in [-0.4, -0.2) is 22.2 Å². The second kappa shape index (κ2) is 14.0. The van der Waals surface area contributed by atoms with E-state index < -0.39 is 11.9 Å². The predicted molar refractivity (Wildman–Crippen MR) is 67.1 cm³/mol. The van der Waals surface area contributed by atoms with Gasteiger partial charge in [0.15, 0.2) is 0 Å². The minimum absolute atomic E-state index is 0. The summed E-state index contributed by atoms with van der Waals surface area (Å²) in [7, 11) is 0. The normalized spacial score (nSPS) is 11.6. The molecule has 5 heteroatoms. The summed E-state index contributed by atoms with van der Waals surface area (Å²) in [4.78, 5) is 21.0. The van der Waals surface area contributed by atoms with E-state index in [2.05, 4.69) is 0 Å². The molecule has 0 spiro atoms. The van der Waals surface area contributed by atoms with Crippen LogP contribution in [0.15, 0.2) is 0 Å². The first-order valence-electron chi connectivity index (χ1n) is 6.52. The van der Waals surface area contributed by atoms with Gasteiger partial charge >= 0.3 is 63.3 Å². The summed E-state index contributed by atoms with van der Waals surface area (Å²) in [5.74, 6) is -1.60. The van der Waals surface area contributed by atoms with Crippen LogP contribution in [0.3, 0.4) is 0 Å². The van der Waals surface area contributed by atoms with Gasteiger partial charge in [0.1, 0.15) is 0 Å². The van der Waals surface area contributed by atoms with Gasteiger partial charge in [-0.15, -0.1) is 0 Å². The molecule has 0 saturated carbocycles. The van der Waals surface area contributed by atoms with Gasteiger partial charge in [0, 0.05) is 6.42 Å². The van der Waals surface area contributed by atoms with Crippen molar-refractivity contribution in [3.8, 4) is 0 Å². The van der Waals surface area contributed by atoms with Crippen LogP contribution < -0.4 is 51.4 Å². The number of aliphatic carboxylic acids is 2. The molecule has 0 aliphatic carbocycles. The van der Waals surface area contributed by atoms with E-state index in [4.69, 9.17) is 10.2 Å². The van der Waals surface area contributed by atoms with Crippen LogP contribution in [0.4, 0.5) is 0 Å². The molecule has 4 nitrogen and oxygen atoms in total. The van der Waals surface area contributed by atoms with Gasteiger partial charge in [-0.3, -0.25) is 9.59 Å². The van der Waals surface area contributed by atoms with Gasteiger partial charge in [-0.05, 0) is 19.3 Å². The summed E-state index contributed by atoms with van der Waals surface area (Å²) in [6.07, 6.45) is 7.59. The Morgan fingerprint density at radius 3 is 1.94 bits per heavy atom. The number of hydrogen-bond acceptors (Lipinski definition) is 2. The third-order valence-corrected chi connectivity index (χ3v) is 3.04. The van der Waals surface area contributed by atoms with Crippen molar-refractivity contribution in [2.24, 2.45) is 5.92 Å². The molecule has 102 valence electrons. The van der Waals surface area contributed by atoms with E-state index in [0.717, 1.165) is 44.9 Å². The summed E-state index contributed by atoms with van der Waals surface area (Å²) in [6, 6.07) is 0. The number of carboxylic acid groups (broad SMARTS) is 2. The number of carbonyl (C=O) groups is 2. The average molecular weight is 284 g/mol. The molecule has 0 saturated heterocycles. The predicted octanol–water partition coefficient (Wildman–Crippen LogP) is 0.419. The smallest absolute Gasteiger partial charge is 1.00 e. The quantitative estimate of drug-likeness (QED) is 0.426. The van der Waals surface area contributed by atoms with Gasteiger partial charge in [0.05, 0.1) is 5.92 Å². The fourth-order valence-corrected chi connectivity index (χ4v) is 1.88. The summed E-state index contributed by atoms with van der Waals surface area (Å²) < 4.78 is 0. The van der Waals surface area contributed by atoms with E-state index in [1.165, 1.54) is 0 Å². The van der Waals surface area contributed by atoms with E-state index in [9.17, 15) is 9.59 Å². The standard InChI is InChI=1S/C13H24O4.K.H/c1-2-11(13(16)17)9-7-5-3-4-6-8-10-12(14)15;;/h11H,2-10H2,1H3,(H,14,15)(H,16,17);;/q;+1;-1. The molecule has 2 N–H and O–H groups in total. The van der Waals surface area contributed by atoms with Crippen molar-refractivity contribution in [1.82, 2.24) is 0 Å². The summed E-state index contributed by atoms with van der Waals surface area (Å²) in [5, 5.41) is 17.3. The molecule has 0 aliphatic heterocycles. The van der Waals surface area contributed by atoms with E-state index >= 15 is 0 Å². The molecule has 0 aromatic rings. The van der Waals surface area contributed by atoms with E-state index in [1.807, 2.05) is 6.92 Å². The molecule has 0 aromatic carbocycles. The van der Waals surface area contributed by atoms with E-state index in [-0.39, 0.29) is 65.1 Å². The zero-order chi connectivity index (χ0) is 13.1. The summed E-state index contributed by atoms with van der Waals surface area (Å²) >= 11 is 0. The first-order valence-corrected chi connectivity index (χ1v) is 6.52. The molecule has 0 bridgehead atoms. The first kappa shape index (κ1) is 20.9. The molecular formula is C13H25KO4. The van der Waals surface area contributed by atoms with Crippen molar-refractivity contribution in [1.29, 1.82) is 0 Å². The van der Waals surface area contributed by atoms with Gasteiger partial charge < -0.3 is 11.6 Å². The third kappa shape index (κ3) is 13.0. The van der Waals surface area contributed by atoms with Gasteiger partial charge in [-0.1, -0.05) is 39.0 Å². The molecule has 0 fully saturated rings. The second-order valence-electron chi connectivity index (χ2n) is 4.50. The van der Waals surface area contributed by atoms with Crippen molar-refractivity contribution < 1.29 is 72.6 Å². The third-order valence-electron chi connectivity index (χ3n) is 3.04. The van der Waals surface area contributed by atoms with Crippen molar-refractivity contribution in [3.63, 3.8) is 0 Å². The van der Waals surface area contributed by atoms with Crippen LogP contribution in [0.25, 0.3) is 0 Å². The van der Waals surface area contributed by atoms with Crippen LogP contribution in [0.2, 0.25) is 0 Å². The van der Waals surface area contributed by atoms with Gasteiger partial charge in [-0.2, -0.15) is 0 Å². The van der Waals surface area contributed by atoms with E-state index in [1.54, 1.807) is 0 Å². The molecular weight excluding hydrogens is 259 g/mol. The topological polar surface area (TPSA) is 74.6 Å². The Labute approximate surface area is 153 Å². The van der Waals surface area contributed by atoms with Gasteiger partial charge in [0.25, 0.3) is 0 Å². The Balaban J connectivity index is -0.00000128. The minimum atomic E-state index is -0.725. The Bertz CT molecular complexity index is 237. The number of hydrogen-bond donors (Lipinski definition) is 2. The maximum Gasteiger partial charge on any atom is 1.00 e. The fourth-order valence-electron chi connectivity index (χ4n) is 1.88. The summed E-state index contributed by atoms with van der Waals surface area (Å²) in [5.41, 5.74) is 0. The Morgan fingerprint density at radius 1 is 1.00 bits per heavy atom. The van der Waals surface area contributed by atoms with Crippen molar-refractivity contribution in [3.05, 3.63) is 0 Å². The van der Waals surface area contributed by atoms with Gasteiger partial charge in [-0.25, -0.2) is 0 Å². The SMILES string of the molecule is CCC(CCCCCCCCC(=O)O)C(=O)O.[H-].[K+]. The van der Waals surface area contributed by atoms with Crippen molar-refractivity contribution in [2.45, 2.75) is 64.7 Å². The molecule has 1 atom stereocenters. The summed E-state index contributed by atoms with van der Waals surface area (Å²) in [6.45, 7) is 1.91. The Kier molecular flexibility index (Phi) is 16.2. The van der Waals surface area contributed by atoms with Crippen LogP contribution in [0.5, 0.6) is 0 Å². The minimum Gasteiger partial charge on any atom is -1.00 e. The molecule has 0 heterocycles. The van der Waals surface area contributed by atoms with Crippen LogP contribution in [-0.2, 0) is 9.59 Å². The molecule has 0 rings (SSSR count). The largest absolute Gasteiger partial charge is 1.00 e. The van der Waals surface area contributed by atoms with Gasteiger partial charge in [0.2, 0.25) is 0 Å². The molecule has 0 radical (unpaired) electrons. The molecule has 18 heavy (non-hydrogen) atoms. The monoisotopic (exact) mass is 284 g/mol. The van der Waals surface area contributed by atoms with Crippen LogP contribution in [0.1, 0.15) is 66.1 Å². The van der Waals surface area contributed by atoms with Crippen LogP contribution in [0, 0.1) is 5.92 Å². The number of rotatable bonds is 11. The molecule has 0 aliphatic rings. The maximum atomic E-state index is 10.7. The first-order chi connectivity index (χ1) is 8.07. The Hall–Kier alpha value is 0.576. The maximum absolute atomic E-state index is 10.7. The van der Waals surface area contributed by atoms with Crippen molar-refractivity contribution in [2.75, 3.05) is 0 Å². The molecule has 1 unspecified atom stereocenters. The van der Waals surface area contributed by atoms with E-state index in [0.29, 0.717) is 6.42 Å². The average Bonchev–Trinajstić information content (AvgIpc) is 2.26. The molecule has 0 aromatic heterocycles. The Morgan fingerprint density at radius 2 is 1.50 bits per heavy atom. The number of carboxylic acids is 2. The van der Waals surface area contributed by atoms with Crippen molar-refractivity contribution >= 4 is 11.9 Å². The zero-order valence-electron chi connectivity index (χ0n) is 12.7. The second-order valence-corrected chi connectivity index (χ2v) is 4.50. The zero-order valence-corrected chi connectivity index (χ0v) is 14.8. The molecule has 0 amide bonds. The van der Waals surface area contributed by atoms with Crippen LogP contribution >= 0.6 is 0 Å². The number of unbranched alkanes of at least 4 members (excludes halogenated alkanes) is 5. The fraction of sp³-hybridized carbons (Fsp3) is 0.846.